The molecule has 2 aromatic carbocycles. The zero-order valence-electron chi connectivity index (χ0n) is 12.1. The number of nitrogens with one attached hydrogen (secondary N) is 1. The molecule has 0 atom stereocenters. The van der Waals surface area contributed by atoms with Gasteiger partial charge in [-0.25, -0.2) is 4.98 Å². The Morgan fingerprint density at radius 1 is 1.18 bits per heavy atom. The van der Waals surface area contributed by atoms with Crippen LogP contribution in [-0.2, 0) is 13.6 Å². The highest BCUT2D eigenvalue weighted by Crippen LogP contribution is 2.25. The first-order valence-electron chi connectivity index (χ1n) is 6.93. The Morgan fingerprint density at radius 3 is 2.68 bits per heavy atom. The van der Waals surface area contributed by atoms with Gasteiger partial charge >= 0.3 is 0 Å². The minimum Gasteiger partial charge on any atom is -0.508 e. The van der Waals surface area contributed by atoms with Crippen molar-refractivity contribution in [3.63, 3.8) is 0 Å². The lowest BCUT2D eigenvalue weighted by Gasteiger charge is -2.09. The van der Waals surface area contributed by atoms with E-state index in [-0.39, 0.29) is 5.75 Å². The number of phenolic OH excluding ortho intramolecular Hbond substituents is 1. The van der Waals surface area contributed by atoms with Gasteiger partial charge in [0, 0.05) is 23.6 Å². The Morgan fingerprint density at radius 2 is 1.95 bits per heavy atom. The summed E-state index contributed by atoms with van der Waals surface area (Å²) in [4.78, 5) is 4.44. The molecule has 0 aliphatic heterocycles. The monoisotopic (exact) mass is 357 g/mol. The SMILES string of the molecule is Cn1c(-c2cccc(Br)c2)cnc1NCc1ccc(O)cc1. The maximum Gasteiger partial charge on any atom is 0.203 e. The van der Waals surface area contributed by atoms with E-state index in [9.17, 15) is 5.11 Å². The predicted molar refractivity (Wildman–Crippen MR) is 91.8 cm³/mol. The second-order valence-corrected chi connectivity index (χ2v) is 5.97. The maximum atomic E-state index is 9.30. The number of halogens is 1. The molecule has 3 aromatic rings. The van der Waals surface area contributed by atoms with Gasteiger partial charge in [0.05, 0.1) is 11.9 Å². The molecule has 22 heavy (non-hydrogen) atoms. The smallest absolute Gasteiger partial charge is 0.203 e. The van der Waals surface area contributed by atoms with Gasteiger partial charge in [0.15, 0.2) is 0 Å². The van der Waals surface area contributed by atoms with E-state index in [1.54, 1.807) is 12.1 Å². The topological polar surface area (TPSA) is 50.1 Å². The summed E-state index contributed by atoms with van der Waals surface area (Å²) in [5.41, 5.74) is 3.25. The van der Waals surface area contributed by atoms with Gasteiger partial charge in [-0.1, -0.05) is 40.2 Å². The minimum absolute atomic E-state index is 0.276. The summed E-state index contributed by atoms with van der Waals surface area (Å²) in [6.45, 7) is 0.656. The molecule has 5 heteroatoms. The summed E-state index contributed by atoms with van der Waals surface area (Å²) in [6, 6.07) is 15.3. The number of aromatic nitrogens is 2. The predicted octanol–water partition coefficient (Wildman–Crippen LogP) is 4.17. The molecule has 0 spiro atoms. The lowest BCUT2D eigenvalue weighted by Crippen LogP contribution is -2.05. The van der Waals surface area contributed by atoms with Crippen molar-refractivity contribution in [2.75, 3.05) is 5.32 Å². The van der Waals surface area contributed by atoms with Crippen molar-refractivity contribution < 1.29 is 5.11 Å². The highest BCUT2D eigenvalue weighted by molar-refractivity contribution is 9.10. The second kappa shape index (κ2) is 6.23. The molecule has 112 valence electrons. The number of nitrogens with zero attached hydrogens (tertiary/aromatic N) is 2. The lowest BCUT2D eigenvalue weighted by molar-refractivity contribution is 0.475. The van der Waals surface area contributed by atoms with Gasteiger partial charge < -0.3 is 15.0 Å². The summed E-state index contributed by atoms with van der Waals surface area (Å²) in [7, 11) is 1.99. The van der Waals surface area contributed by atoms with Crippen LogP contribution in [0, 0.1) is 0 Å². The van der Waals surface area contributed by atoms with E-state index in [4.69, 9.17) is 0 Å². The molecule has 2 N–H and O–H groups in total. The molecule has 0 saturated carbocycles. The van der Waals surface area contributed by atoms with Crippen molar-refractivity contribution >= 4 is 21.9 Å². The summed E-state index contributed by atoms with van der Waals surface area (Å²) in [6.07, 6.45) is 1.86. The Hall–Kier alpha value is -2.27. The van der Waals surface area contributed by atoms with Crippen molar-refractivity contribution in [1.82, 2.24) is 9.55 Å². The van der Waals surface area contributed by atoms with Gasteiger partial charge in [-0.15, -0.1) is 0 Å². The highest BCUT2D eigenvalue weighted by atomic mass is 79.9. The summed E-state index contributed by atoms with van der Waals surface area (Å²) < 4.78 is 3.08. The first-order valence-corrected chi connectivity index (χ1v) is 7.72. The van der Waals surface area contributed by atoms with Crippen molar-refractivity contribution in [3.8, 4) is 17.0 Å². The van der Waals surface area contributed by atoms with Crippen LogP contribution in [0.15, 0.2) is 59.2 Å². The summed E-state index contributed by atoms with van der Waals surface area (Å²) in [5.74, 6) is 1.08. The fraction of sp³-hybridized carbons (Fsp3) is 0.118. The molecule has 1 aromatic heterocycles. The van der Waals surface area contributed by atoms with E-state index < -0.39 is 0 Å². The molecular weight excluding hydrogens is 342 g/mol. The van der Waals surface area contributed by atoms with Crippen LogP contribution in [0.2, 0.25) is 0 Å². The largest absolute Gasteiger partial charge is 0.508 e. The zero-order valence-corrected chi connectivity index (χ0v) is 13.7. The molecule has 0 amide bonds. The number of benzene rings is 2. The van der Waals surface area contributed by atoms with Crippen LogP contribution in [0.3, 0.4) is 0 Å². The van der Waals surface area contributed by atoms with Gasteiger partial charge in [-0.2, -0.15) is 0 Å². The van der Waals surface area contributed by atoms with E-state index in [2.05, 4.69) is 38.4 Å². The Kier molecular flexibility index (Phi) is 4.15. The van der Waals surface area contributed by atoms with Crippen LogP contribution >= 0.6 is 15.9 Å². The summed E-state index contributed by atoms with van der Waals surface area (Å²) >= 11 is 3.49. The fourth-order valence-electron chi connectivity index (χ4n) is 2.28. The molecule has 0 bridgehead atoms. The standard InChI is InChI=1S/C17H16BrN3O/c1-21-16(13-3-2-4-14(18)9-13)11-20-17(21)19-10-12-5-7-15(22)8-6-12/h2-9,11,22H,10H2,1H3,(H,19,20). The second-order valence-electron chi connectivity index (χ2n) is 5.06. The van der Waals surface area contributed by atoms with E-state index in [1.807, 2.05) is 42.1 Å². The first kappa shape index (κ1) is 14.7. The third-order valence-corrected chi connectivity index (χ3v) is 3.99. The number of hydrogen-bond acceptors (Lipinski definition) is 3. The first-order chi connectivity index (χ1) is 10.6. The number of rotatable bonds is 4. The molecule has 0 radical (unpaired) electrons. The third kappa shape index (κ3) is 3.14. The lowest BCUT2D eigenvalue weighted by atomic mass is 10.2. The average Bonchev–Trinajstić information content (AvgIpc) is 2.88. The average molecular weight is 358 g/mol. The van der Waals surface area contributed by atoms with E-state index in [0.29, 0.717) is 6.54 Å². The Labute approximate surface area is 137 Å². The van der Waals surface area contributed by atoms with Crippen LogP contribution in [0.4, 0.5) is 5.95 Å². The molecule has 0 saturated heterocycles. The number of anilines is 1. The molecule has 0 fully saturated rings. The van der Waals surface area contributed by atoms with Crippen molar-refractivity contribution in [3.05, 3.63) is 64.8 Å². The number of phenols is 1. The van der Waals surface area contributed by atoms with Crippen LogP contribution in [0.25, 0.3) is 11.3 Å². The highest BCUT2D eigenvalue weighted by Gasteiger charge is 2.08. The van der Waals surface area contributed by atoms with E-state index >= 15 is 0 Å². The van der Waals surface area contributed by atoms with Crippen LogP contribution in [0.5, 0.6) is 5.75 Å². The quantitative estimate of drug-likeness (QED) is 0.736. The maximum absolute atomic E-state index is 9.30. The Bertz CT molecular complexity index is 781. The summed E-state index contributed by atoms with van der Waals surface area (Å²) in [5, 5.41) is 12.6. The fourth-order valence-corrected chi connectivity index (χ4v) is 2.68. The number of aromatic hydroxyl groups is 1. The van der Waals surface area contributed by atoms with Gasteiger partial charge in [0.25, 0.3) is 0 Å². The van der Waals surface area contributed by atoms with Crippen molar-refractivity contribution in [2.45, 2.75) is 6.54 Å². The van der Waals surface area contributed by atoms with Crippen molar-refractivity contribution in [2.24, 2.45) is 7.05 Å². The molecule has 0 aliphatic carbocycles. The van der Waals surface area contributed by atoms with Crippen LogP contribution in [-0.4, -0.2) is 14.7 Å². The minimum atomic E-state index is 0.276. The molecule has 4 nitrogen and oxygen atoms in total. The normalized spacial score (nSPS) is 10.6. The molecule has 1 heterocycles. The van der Waals surface area contributed by atoms with Gasteiger partial charge in [-0.3, -0.25) is 0 Å². The van der Waals surface area contributed by atoms with Crippen molar-refractivity contribution in [1.29, 1.82) is 0 Å². The number of hydrogen-bond donors (Lipinski definition) is 2. The van der Waals surface area contributed by atoms with E-state index in [1.165, 1.54) is 0 Å². The van der Waals surface area contributed by atoms with Crippen LogP contribution < -0.4 is 5.32 Å². The van der Waals surface area contributed by atoms with Gasteiger partial charge in [0.1, 0.15) is 5.75 Å². The zero-order chi connectivity index (χ0) is 15.5. The Balaban J connectivity index is 1.77. The molecular formula is C17H16BrN3O. The third-order valence-electron chi connectivity index (χ3n) is 3.50. The molecule has 0 aliphatic rings. The molecule has 3 rings (SSSR count). The van der Waals surface area contributed by atoms with Gasteiger partial charge in [-0.05, 0) is 29.8 Å². The van der Waals surface area contributed by atoms with Gasteiger partial charge in [0.2, 0.25) is 5.95 Å². The number of imidazole rings is 1. The molecule has 0 unspecified atom stereocenters. The van der Waals surface area contributed by atoms with E-state index in [0.717, 1.165) is 27.2 Å². The van der Waals surface area contributed by atoms with Crippen LogP contribution in [0.1, 0.15) is 5.56 Å².